The lowest BCUT2D eigenvalue weighted by Gasteiger charge is -2.06. The molecule has 0 spiro atoms. The number of nitrogens with one attached hydrogen (secondary N) is 2. The fourth-order valence-corrected chi connectivity index (χ4v) is 2.59. The Hall–Kier alpha value is -2.82. The molecule has 5 nitrogen and oxygen atoms in total. The monoisotopic (exact) mass is 323 g/mol. The van der Waals surface area contributed by atoms with Crippen molar-refractivity contribution in [2.45, 2.75) is 19.8 Å². The number of rotatable bonds is 6. The van der Waals surface area contributed by atoms with Crippen molar-refractivity contribution >= 4 is 16.9 Å². The van der Waals surface area contributed by atoms with Crippen molar-refractivity contribution in [2.24, 2.45) is 0 Å². The van der Waals surface area contributed by atoms with Gasteiger partial charge < -0.3 is 15.0 Å². The first-order chi connectivity index (χ1) is 11.7. The Kier molecular flexibility index (Phi) is 4.79. The summed E-state index contributed by atoms with van der Waals surface area (Å²) >= 11 is 0. The van der Waals surface area contributed by atoms with E-state index in [-0.39, 0.29) is 5.91 Å². The van der Waals surface area contributed by atoms with Crippen LogP contribution in [0.25, 0.3) is 11.0 Å². The fourth-order valence-electron chi connectivity index (χ4n) is 2.59. The van der Waals surface area contributed by atoms with Crippen LogP contribution < -0.4 is 10.1 Å². The van der Waals surface area contributed by atoms with E-state index in [1.54, 1.807) is 7.11 Å². The van der Waals surface area contributed by atoms with E-state index in [9.17, 15) is 4.79 Å². The van der Waals surface area contributed by atoms with E-state index >= 15 is 0 Å². The van der Waals surface area contributed by atoms with Crippen LogP contribution in [0.4, 0.5) is 0 Å². The number of carbonyl (C=O) groups is 1. The Morgan fingerprint density at radius 3 is 2.71 bits per heavy atom. The van der Waals surface area contributed by atoms with Gasteiger partial charge in [-0.05, 0) is 42.3 Å². The fraction of sp³-hybridized carbons (Fsp3) is 0.263. The van der Waals surface area contributed by atoms with E-state index in [0.29, 0.717) is 12.1 Å². The molecule has 3 rings (SSSR count). The normalized spacial score (nSPS) is 10.8. The Morgan fingerprint density at radius 2 is 2.00 bits per heavy atom. The molecular formula is C19H21N3O2. The second kappa shape index (κ2) is 7.17. The van der Waals surface area contributed by atoms with Crippen LogP contribution in [0.3, 0.4) is 0 Å². The number of carbonyl (C=O) groups excluding carboxylic acids is 1. The van der Waals surface area contributed by atoms with E-state index in [4.69, 9.17) is 4.74 Å². The zero-order valence-electron chi connectivity index (χ0n) is 13.9. The van der Waals surface area contributed by atoms with Crippen LogP contribution in [0.15, 0.2) is 42.5 Å². The SMILES string of the molecule is CCc1nc2ccc(C(=O)NCCc3ccc(OC)cc3)cc2[nH]1. The summed E-state index contributed by atoms with van der Waals surface area (Å²) < 4.78 is 5.14. The lowest BCUT2D eigenvalue weighted by Crippen LogP contribution is -2.25. The molecule has 0 aliphatic carbocycles. The molecule has 1 heterocycles. The lowest BCUT2D eigenvalue weighted by atomic mass is 10.1. The van der Waals surface area contributed by atoms with Crippen LogP contribution in [-0.4, -0.2) is 29.5 Å². The molecule has 0 unspecified atom stereocenters. The third-order valence-corrected chi connectivity index (χ3v) is 3.99. The number of aromatic nitrogens is 2. The van der Waals surface area contributed by atoms with E-state index in [1.165, 1.54) is 0 Å². The highest BCUT2D eigenvalue weighted by atomic mass is 16.5. The number of nitrogens with zero attached hydrogens (tertiary/aromatic N) is 1. The number of imidazole rings is 1. The van der Waals surface area contributed by atoms with Gasteiger partial charge in [0, 0.05) is 18.5 Å². The first kappa shape index (κ1) is 16.1. The lowest BCUT2D eigenvalue weighted by molar-refractivity contribution is 0.0954. The Labute approximate surface area is 141 Å². The molecule has 24 heavy (non-hydrogen) atoms. The predicted octanol–water partition coefficient (Wildman–Crippen LogP) is 3.11. The van der Waals surface area contributed by atoms with Crippen LogP contribution in [-0.2, 0) is 12.8 Å². The predicted molar refractivity (Wildman–Crippen MR) is 94.5 cm³/mol. The van der Waals surface area contributed by atoms with E-state index in [0.717, 1.165) is 41.0 Å². The van der Waals surface area contributed by atoms with Gasteiger partial charge in [0.2, 0.25) is 0 Å². The number of hydrogen-bond acceptors (Lipinski definition) is 3. The van der Waals surface area contributed by atoms with Crippen molar-refractivity contribution in [1.29, 1.82) is 0 Å². The minimum Gasteiger partial charge on any atom is -0.497 e. The summed E-state index contributed by atoms with van der Waals surface area (Å²) in [7, 11) is 1.65. The molecule has 2 aromatic carbocycles. The number of hydrogen-bond donors (Lipinski definition) is 2. The molecule has 1 aromatic heterocycles. The van der Waals surface area contributed by atoms with Crippen molar-refractivity contribution in [2.75, 3.05) is 13.7 Å². The molecule has 5 heteroatoms. The molecule has 0 saturated heterocycles. The van der Waals surface area contributed by atoms with Crippen LogP contribution in [0.5, 0.6) is 5.75 Å². The quantitative estimate of drug-likeness (QED) is 0.732. The van der Waals surface area contributed by atoms with Crippen LogP contribution >= 0.6 is 0 Å². The van der Waals surface area contributed by atoms with E-state index in [1.807, 2.05) is 49.4 Å². The summed E-state index contributed by atoms with van der Waals surface area (Å²) in [6.45, 7) is 2.64. The maximum atomic E-state index is 12.3. The largest absolute Gasteiger partial charge is 0.497 e. The molecule has 0 fully saturated rings. The van der Waals surface area contributed by atoms with Gasteiger partial charge in [-0.3, -0.25) is 4.79 Å². The minimum atomic E-state index is -0.0712. The molecule has 0 aliphatic rings. The zero-order chi connectivity index (χ0) is 16.9. The number of ether oxygens (including phenoxy) is 1. The molecule has 0 saturated carbocycles. The maximum absolute atomic E-state index is 12.3. The van der Waals surface area contributed by atoms with Crippen LogP contribution in [0, 0.1) is 0 Å². The van der Waals surface area contributed by atoms with E-state index in [2.05, 4.69) is 15.3 Å². The van der Waals surface area contributed by atoms with Gasteiger partial charge in [-0.15, -0.1) is 0 Å². The van der Waals surface area contributed by atoms with Gasteiger partial charge in [0.1, 0.15) is 11.6 Å². The number of benzene rings is 2. The Bertz CT molecular complexity index is 837. The molecule has 2 N–H and O–H groups in total. The smallest absolute Gasteiger partial charge is 0.251 e. The average Bonchev–Trinajstić information content (AvgIpc) is 3.04. The summed E-state index contributed by atoms with van der Waals surface area (Å²) in [5, 5.41) is 2.96. The highest BCUT2D eigenvalue weighted by Gasteiger charge is 2.08. The molecule has 1 amide bonds. The van der Waals surface area contributed by atoms with Crippen molar-refractivity contribution in [3.8, 4) is 5.75 Å². The van der Waals surface area contributed by atoms with Gasteiger partial charge in [0.15, 0.2) is 0 Å². The minimum absolute atomic E-state index is 0.0712. The molecular weight excluding hydrogens is 302 g/mol. The third-order valence-electron chi connectivity index (χ3n) is 3.99. The first-order valence-electron chi connectivity index (χ1n) is 8.09. The Balaban J connectivity index is 1.59. The van der Waals surface area contributed by atoms with Gasteiger partial charge in [0.25, 0.3) is 5.91 Å². The van der Waals surface area contributed by atoms with Gasteiger partial charge in [-0.1, -0.05) is 19.1 Å². The zero-order valence-corrected chi connectivity index (χ0v) is 13.9. The molecule has 0 aliphatic heterocycles. The number of methoxy groups -OCH3 is 1. The number of aryl methyl sites for hydroxylation is 1. The van der Waals surface area contributed by atoms with Gasteiger partial charge in [-0.25, -0.2) is 4.98 Å². The van der Waals surface area contributed by atoms with Crippen molar-refractivity contribution in [1.82, 2.24) is 15.3 Å². The molecule has 0 radical (unpaired) electrons. The first-order valence-corrected chi connectivity index (χ1v) is 8.09. The second-order valence-electron chi connectivity index (χ2n) is 5.62. The summed E-state index contributed by atoms with van der Waals surface area (Å²) in [4.78, 5) is 20.0. The van der Waals surface area contributed by atoms with Crippen LogP contribution in [0.1, 0.15) is 28.7 Å². The van der Waals surface area contributed by atoms with Crippen molar-refractivity contribution in [3.63, 3.8) is 0 Å². The standard InChI is InChI=1S/C19H21N3O2/c1-3-18-21-16-9-6-14(12-17(16)22-18)19(23)20-11-10-13-4-7-15(24-2)8-5-13/h4-9,12H,3,10-11H2,1-2H3,(H,20,23)(H,21,22). The summed E-state index contributed by atoms with van der Waals surface area (Å²) in [5.74, 6) is 1.70. The molecule has 0 bridgehead atoms. The molecule has 0 atom stereocenters. The maximum Gasteiger partial charge on any atom is 0.251 e. The Morgan fingerprint density at radius 1 is 1.21 bits per heavy atom. The van der Waals surface area contributed by atoms with Crippen molar-refractivity contribution in [3.05, 3.63) is 59.4 Å². The second-order valence-corrected chi connectivity index (χ2v) is 5.62. The average molecular weight is 323 g/mol. The summed E-state index contributed by atoms with van der Waals surface area (Å²) in [5.41, 5.74) is 3.59. The number of amides is 1. The topological polar surface area (TPSA) is 67.0 Å². The summed E-state index contributed by atoms with van der Waals surface area (Å²) in [6, 6.07) is 13.4. The number of aromatic amines is 1. The molecule has 124 valence electrons. The number of fused-ring (bicyclic) bond motifs is 1. The van der Waals surface area contributed by atoms with E-state index < -0.39 is 0 Å². The summed E-state index contributed by atoms with van der Waals surface area (Å²) in [6.07, 6.45) is 1.63. The van der Waals surface area contributed by atoms with Crippen molar-refractivity contribution < 1.29 is 9.53 Å². The third kappa shape index (κ3) is 3.56. The molecule has 3 aromatic rings. The van der Waals surface area contributed by atoms with Gasteiger partial charge >= 0.3 is 0 Å². The van der Waals surface area contributed by atoms with Gasteiger partial charge in [0.05, 0.1) is 18.1 Å². The number of H-pyrrole nitrogens is 1. The highest BCUT2D eigenvalue weighted by molar-refractivity contribution is 5.97. The van der Waals surface area contributed by atoms with Crippen LogP contribution in [0.2, 0.25) is 0 Å². The highest BCUT2D eigenvalue weighted by Crippen LogP contribution is 2.14. The van der Waals surface area contributed by atoms with Gasteiger partial charge in [-0.2, -0.15) is 0 Å².